The van der Waals surface area contributed by atoms with Crippen molar-refractivity contribution in [3.8, 4) is 0 Å². The molecule has 1 unspecified atom stereocenters. The fourth-order valence-electron chi connectivity index (χ4n) is 4.48. The molecule has 1 amide bonds. The molecule has 1 aliphatic rings. The summed E-state index contributed by atoms with van der Waals surface area (Å²) in [5, 5.41) is 0.644. The number of thioether (sulfide) groups is 1. The van der Waals surface area contributed by atoms with Gasteiger partial charge in [0.05, 0.1) is 15.1 Å². The van der Waals surface area contributed by atoms with Crippen LogP contribution >= 0.6 is 23.1 Å². The molecule has 1 fully saturated rings. The van der Waals surface area contributed by atoms with Gasteiger partial charge < -0.3 is 4.90 Å². The molecule has 3 aromatic rings. The fourth-order valence-corrected chi connectivity index (χ4v) is 7.79. The van der Waals surface area contributed by atoms with Crippen molar-refractivity contribution >= 4 is 54.4 Å². The van der Waals surface area contributed by atoms with E-state index in [0.717, 1.165) is 40.8 Å². The van der Waals surface area contributed by atoms with Crippen LogP contribution in [-0.2, 0) is 10.0 Å². The number of likely N-dealkylation sites (N-methyl/N-ethyl adjacent to an activating group) is 1. The van der Waals surface area contributed by atoms with E-state index in [1.54, 1.807) is 45.2 Å². The standard InChI is InChI=1S/C26H34N4O3S3/c1-5-20-8-6-7-15-30(20)36(32,33)22-12-9-19(10-13-22)25(31)29(17-16-28(2)3)26-27-23-14-11-21(34-4)18-24(23)35-26/h9-14,18,20H,5-8,15-17H2,1-4H3. The van der Waals surface area contributed by atoms with Crippen molar-refractivity contribution < 1.29 is 13.2 Å². The Kier molecular flexibility index (Phi) is 8.72. The van der Waals surface area contributed by atoms with Gasteiger partial charge >= 0.3 is 0 Å². The molecule has 194 valence electrons. The number of benzene rings is 2. The molecule has 36 heavy (non-hydrogen) atoms. The highest BCUT2D eigenvalue weighted by atomic mass is 32.2. The number of anilines is 1. The number of sulfonamides is 1. The zero-order valence-corrected chi connectivity index (χ0v) is 23.8. The number of amides is 1. The van der Waals surface area contributed by atoms with E-state index in [1.807, 2.05) is 44.3 Å². The summed E-state index contributed by atoms with van der Waals surface area (Å²) >= 11 is 3.17. The van der Waals surface area contributed by atoms with Crippen molar-refractivity contribution in [1.29, 1.82) is 0 Å². The highest BCUT2D eigenvalue weighted by molar-refractivity contribution is 7.98. The molecule has 0 saturated carbocycles. The topological polar surface area (TPSA) is 73.8 Å². The highest BCUT2D eigenvalue weighted by Crippen LogP contribution is 2.33. The largest absolute Gasteiger partial charge is 0.308 e. The average molecular weight is 547 g/mol. The number of thiazole rings is 1. The minimum Gasteiger partial charge on any atom is -0.308 e. The smallest absolute Gasteiger partial charge is 0.260 e. The summed E-state index contributed by atoms with van der Waals surface area (Å²) in [7, 11) is 0.342. The Morgan fingerprint density at radius 1 is 1.14 bits per heavy atom. The van der Waals surface area contributed by atoms with Crippen molar-refractivity contribution in [2.45, 2.75) is 48.4 Å². The molecule has 1 atom stereocenters. The third kappa shape index (κ3) is 5.78. The summed E-state index contributed by atoms with van der Waals surface area (Å²) in [4.78, 5) is 23.5. The first-order valence-electron chi connectivity index (χ1n) is 12.3. The van der Waals surface area contributed by atoms with Crippen LogP contribution < -0.4 is 4.90 Å². The number of carbonyl (C=O) groups is 1. The highest BCUT2D eigenvalue weighted by Gasteiger charge is 2.32. The van der Waals surface area contributed by atoms with Crippen LogP contribution in [0.25, 0.3) is 10.2 Å². The lowest BCUT2D eigenvalue weighted by atomic mass is 10.0. The van der Waals surface area contributed by atoms with E-state index >= 15 is 0 Å². The first-order chi connectivity index (χ1) is 17.2. The normalized spacial score (nSPS) is 17.1. The Morgan fingerprint density at radius 3 is 2.56 bits per heavy atom. The number of piperidine rings is 1. The van der Waals surface area contributed by atoms with Crippen LogP contribution in [-0.4, -0.2) is 74.5 Å². The van der Waals surface area contributed by atoms with Gasteiger partial charge in [0.15, 0.2) is 5.13 Å². The average Bonchev–Trinajstić information content (AvgIpc) is 3.31. The minimum absolute atomic E-state index is 0.0391. The maximum atomic E-state index is 13.6. The number of fused-ring (bicyclic) bond motifs is 1. The van der Waals surface area contributed by atoms with Gasteiger partial charge in [-0.25, -0.2) is 13.4 Å². The molecule has 0 spiro atoms. The third-order valence-corrected chi connectivity index (χ3v) is 10.3. The van der Waals surface area contributed by atoms with Gasteiger partial charge in [0.25, 0.3) is 5.91 Å². The molecule has 1 saturated heterocycles. The first kappa shape index (κ1) is 27.1. The lowest BCUT2D eigenvalue weighted by molar-refractivity contribution is 0.0985. The molecule has 7 nitrogen and oxygen atoms in total. The lowest BCUT2D eigenvalue weighted by Gasteiger charge is -2.34. The van der Waals surface area contributed by atoms with Gasteiger partial charge in [-0.2, -0.15) is 4.31 Å². The first-order valence-corrected chi connectivity index (χ1v) is 15.8. The van der Waals surface area contributed by atoms with Gasteiger partial charge in [-0.1, -0.05) is 24.7 Å². The Morgan fingerprint density at radius 2 is 1.89 bits per heavy atom. The van der Waals surface area contributed by atoms with Gasteiger partial charge in [0.1, 0.15) is 0 Å². The molecule has 2 heterocycles. The molecule has 10 heteroatoms. The van der Waals surface area contributed by atoms with Gasteiger partial charge in [-0.05, 0) is 82.1 Å². The zero-order valence-electron chi connectivity index (χ0n) is 21.3. The third-order valence-electron chi connectivity index (χ3n) is 6.58. The van der Waals surface area contributed by atoms with Crippen LogP contribution in [0.3, 0.4) is 0 Å². The molecule has 1 aliphatic heterocycles. The molecule has 0 N–H and O–H groups in total. The van der Waals surface area contributed by atoms with Gasteiger partial charge in [0.2, 0.25) is 10.0 Å². The van der Waals surface area contributed by atoms with Crippen LogP contribution in [0.15, 0.2) is 52.3 Å². The summed E-state index contributed by atoms with van der Waals surface area (Å²) in [5.74, 6) is -0.186. The number of nitrogens with zero attached hydrogens (tertiary/aromatic N) is 4. The Bertz CT molecular complexity index is 1310. The number of carbonyl (C=O) groups excluding carboxylic acids is 1. The van der Waals surface area contributed by atoms with Crippen LogP contribution in [0.2, 0.25) is 0 Å². The van der Waals surface area contributed by atoms with Gasteiger partial charge in [0, 0.05) is 36.1 Å². The number of hydrogen-bond donors (Lipinski definition) is 0. The van der Waals surface area contributed by atoms with Gasteiger partial charge in [-0.3, -0.25) is 9.69 Å². The SMILES string of the molecule is CCC1CCCCN1S(=O)(=O)c1ccc(C(=O)N(CCN(C)C)c2nc3ccc(SC)cc3s2)cc1. The van der Waals surface area contributed by atoms with E-state index in [4.69, 9.17) is 4.98 Å². The summed E-state index contributed by atoms with van der Waals surface area (Å²) in [6.45, 7) is 3.74. The molecule has 0 aliphatic carbocycles. The molecular formula is C26H34N4O3S3. The zero-order chi connectivity index (χ0) is 25.9. The van der Waals surface area contributed by atoms with Crippen LogP contribution in [0.5, 0.6) is 0 Å². The van der Waals surface area contributed by atoms with E-state index < -0.39 is 10.0 Å². The lowest BCUT2D eigenvalue weighted by Crippen LogP contribution is -2.43. The second-order valence-corrected chi connectivity index (χ2v) is 13.1. The van der Waals surface area contributed by atoms with E-state index in [1.165, 1.54) is 11.3 Å². The monoisotopic (exact) mass is 546 g/mol. The van der Waals surface area contributed by atoms with Crippen LogP contribution in [0.4, 0.5) is 5.13 Å². The number of hydrogen-bond acceptors (Lipinski definition) is 7. The van der Waals surface area contributed by atoms with E-state index in [9.17, 15) is 13.2 Å². The second-order valence-electron chi connectivity index (χ2n) is 9.29. The fraction of sp³-hybridized carbons (Fsp3) is 0.462. The summed E-state index contributed by atoms with van der Waals surface area (Å²) < 4.78 is 29.3. The van der Waals surface area contributed by atoms with Crippen molar-refractivity contribution in [3.63, 3.8) is 0 Å². The molecule has 4 rings (SSSR count). The molecule has 2 aromatic carbocycles. The second kappa shape index (κ2) is 11.6. The van der Waals surface area contributed by atoms with Crippen LogP contribution in [0, 0.1) is 0 Å². The Balaban J connectivity index is 1.62. The maximum absolute atomic E-state index is 13.6. The summed E-state index contributed by atoms with van der Waals surface area (Å²) in [5.41, 5.74) is 1.31. The van der Waals surface area contributed by atoms with Crippen molar-refractivity contribution in [3.05, 3.63) is 48.0 Å². The minimum atomic E-state index is -3.59. The van der Waals surface area contributed by atoms with Crippen molar-refractivity contribution in [2.24, 2.45) is 0 Å². The maximum Gasteiger partial charge on any atom is 0.260 e. The van der Waals surface area contributed by atoms with Crippen LogP contribution in [0.1, 0.15) is 43.0 Å². The Hall–Kier alpha value is -1.98. The molecule has 0 radical (unpaired) electrons. The van der Waals surface area contributed by atoms with Gasteiger partial charge in [-0.15, -0.1) is 11.8 Å². The van der Waals surface area contributed by atoms with Crippen molar-refractivity contribution in [2.75, 3.05) is 44.9 Å². The predicted octanol–water partition coefficient (Wildman–Crippen LogP) is 5.18. The number of aromatic nitrogens is 1. The van der Waals surface area contributed by atoms with E-state index in [-0.39, 0.29) is 16.8 Å². The summed E-state index contributed by atoms with van der Waals surface area (Å²) in [6, 6.07) is 12.5. The quantitative estimate of drug-likeness (QED) is 0.345. The Labute approximate surface area is 222 Å². The molecule has 1 aromatic heterocycles. The van der Waals surface area contributed by atoms with Crippen molar-refractivity contribution in [1.82, 2.24) is 14.2 Å². The number of rotatable bonds is 9. The molecular weight excluding hydrogens is 513 g/mol. The van der Waals surface area contributed by atoms with E-state index in [2.05, 4.69) is 6.07 Å². The molecule has 0 bridgehead atoms. The van der Waals surface area contributed by atoms with E-state index in [0.29, 0.717) is 30.3 Å². The summed E-state index contributed by atoms with van der Waals surface area (Å²) in [6.07, 6.45) is 5.68. The predicted molar refractivity (Wildman–Crippen MR) is 150 cm³/mol.